The summed E-state index contributed by atoms with van der Waals surface area (Å²) in [4.78, 5) is 2.43. The van der Waals surface area contributed by atoms with Crippen LogP contribution in [-0.2, 0) is 4.74 Å². The van der Waals surface area contributed by atoms with Crippen LogP contribution in [0.5, 0.6) is 0 Å². The monoisotopic (exact) mass is 200 g/mol. The molecule has 14 heavy (non-hydrogen) atoms. The fourth-order valence-corrected chi connectivity index (χ4v) is 2.01. The van der Waals surface area contributed by atoms with Crippen molar-refractivity contribution in [2.24, 2.45) is 5.92 Å². The topological polar surface area (TPSA) is 24.5 Å². The molecule has 0 saturated carbocycles. The third kappa shape index (κ3) is 4.94. The summed E-state index contributed by atoms with van der Waals surface area (Å²) < 4.78 is 5.47. The first kappa shape index (κ1) is 12.0. The van der Waals surface area contributed by atoms with Crippen LogP contribution in [0.4, 0.5) is 0 Å². The van der Waals surface area contributed by atoms with Crippen LogP contribution in [0.25, 0.3) is 0 Å². The van der Waals surface area contributed by atoms with E-state index >= 15 is 0 Å². The van der Waals surface area contributed by atoms with Gasteiger partial charge in [-0.3, -0.25) is 0 Å². The Morgan fingerprint density at radius 2 is 2.36 bits per heavy atom. The SMILES string of the molecule is CNCCCN(C)CC1CCCOC1. The molecule has 1 saturated heterocycles. The van der Waals surface area contributed by atoms with E-state index in [1.165, 1.54) is 32.4 Å². The Hall–Kier alpha value is -0.120. The van der Waals surface area contributed by atoms with Crippen molar-refractivity contribution in [3.8, 4) is 0 Å². The Labute approximate surface area is 87.8 Å². The Morgan fingerprint density at radius 3 is 3.00 bits per heavy atom. The van der Waals surface area contributed by atoms with Crippen molar-refractivity contribution in [3.05, 3.63) is 0 Å². The maximum Gasteiger partial charge on any atom is 0.0506 e. The zero-order valence-corrected chi connectivity index (χ0v) is 9.59. The summed E-state index contributed by atoms with van der Waals surface area (Å²) in [5, 5.41) is 3.18. The van der Waals surface area contributed by atoms with Crippen LogP contribution in [0, 0.1) is 5.92 Å². The molecule has 1 aliphatic rings. The molecule has 1 aliphatic heterocycles. The number of hydrogen-bond acceptors (Lipinski definition) is 3. The highest BCUT2D eigenvalue weighted by molar-refractivity contribution is 4.67. The molecule has 0 bridgehead atoms. The summed E-state index contributed by atoms with van der Waals surface area (Å²) >= 11 is 0. The van der Waals surface area contributed by atoms with Gasteiger partial charge in [-0.1, -0.05) is 0 Å². The lowest BCUT2D eigenvalue weighted by Crippen LogP contribution is -2.32. The van der Waals surface area contributed by atoms with Crippen LogP contribution in [0.3, 0.4) is 0 Å². The molecule has 1 rings (SSSR count). The second-order valence-electron chi connectivity index (χ2n) is 4.30. The summed E-state index contributed by atoms with van der Waals surface area (Å²) in [7, 11) is 4.22. The lowest BCUT2D eigenvalue weighted by Gasteiger charge is -2.27. The molecule has 0 aliphatic carbocycles. The van der Waals surface area contributed by atoms with Crippen molar-refractivity contribution in [2.45, 2.75) is 19.3 Å². The highest BCUT2D eigenvalue weighted by Crippen LogP contribution is 2.14. The van der Waals surface area contributed by atoms with Gasteiger partial charge < -0.3 is 15.0 Å². The standard InChI is InChI=1S/C11H24N2O/c1-12-6-4-7-13(2)9-11-5-3-8-14-10-11/h11-12H,3-10H2,1-2H3. The lowest BCUT2D eigenvalue weighted by atomic mass is 10.0. The van der Waals surface area contributed by atoms with Crippen LogP contribution in [-0.4, -0.2) is 51.8 Å². The van der Waals surface area contributed by atoms with Crippen LogP contribution in [0.1, 0.15) is 19.3 Å². The minimum atomic E-state index is 0.767. The van der Waals surface area contributed by atoms with E-state index in [0.29, 0.717) is 0 Å². The zero-order chi connectivity index (χ0) is 10.2. The van der Waals surface area contributed by atoms with E-state index in [0.717, 1.165) is 25.7 Å². The molecule has 1 atom stereocenters. The van der Waals surface area contributed by atoms with Crippen molar-refractivity contribution in [1.29, 1.82) is 0 Å². The number of ether oxygens (including phenoxy) is 1. The van der Waals surface area contributed by atoms with Crippen LogP contribution in [0.15, 0.2) is 0 Å². The first-order valence-corrected chi connectivity index (χ1v) is 5.74. The molecule has 0 amide bonds. The number of rotatable bonds is 6. The maximum atomic E-state index is 5.47. The smallest absolute Gasteiger partial charge is 0.0506 e. The summed E-state index contributed by atoms with van der Waals surface area (Å²) in [6.07, 6.45) is 3.83. The van der Waals surface area contributed by atoms with Gasteiger partial charge in [0.25, 0.3) is 0 Å². The maximum absolute atomic E-state index is 5.47. The number of nitrogens with zero attached hydrogens (tertiary/aromatic N) is 1. The average molecular weight is 200 g/mol. The van der Waals surface area contributed by atoms with E-state index in [1.54, 1.807) is 0 Å². The molecule has 0 spiro atoms. The third-order valence-electron chi connectivity index (χ3n) is 2.79. The molecule has 1 unspecified atom stereocenters. The molecule has 3 nitrogen and oxygen atoms in total. The van der Waals surface area contributed by atoms with Crippen molar-refractivity contribution >= 4 is 0 Å². The normalized spacial score (nSPS) is 22.9. The predicted octanol–water partition coefficient (Wildman–Crippen LogP) is 0.954. The molecule has 0 aromatic rings. The van der Waals surface area contributed by atoms with Gasteiger partial charge in [0.2, 0.25) is 0 Å². The molecular weight excluding hydrogens is 176 g/mol. The van der Waals surface area contributed by atoms with Gasteiger partial charge in [-0.15, -0.1) is 0 Å². The molecular formula is C11H24N2O. The Balaban J connectivity index is 2.03. The first-order valence-electron chi connectivity index (χ1n) is 5.74. The quantitative estimate of drug-likeness (QED) is 0.646. The number of hydrogen-bond donors (Lipinski definition) is 1. The third-order valence-corrected chi connectivity index (χ3v) is 2.79. The van der Waals surface area contributed by atoms with E-state index in [-0.39, 0.29) is 0 Å². The van der Waals surface area contributed by atoms with Gasteiger partial charge in [-0.25, -0.2) is 0 Å². The summed E-state index contributed by atoms with van der Waals surface area (Å²) in [6, 6.07) is 0. The summed E-state index contributed by atoms with van der Waals surface area (Å²) in [6.45, 7) is 5.45. The van der Waals surface area contributed by atoms with Crippen molar-refractivity contribution < 1.29 is 4.74 Å². The average Bonchev–Trinajstić information content (AvgIpc) is 2.20. The Kier molecular flexibility index (Phi) is 6.15. The fraction of sp³-hybridized carbons (Fsp3) is 1.00. The van der Waals surface area contributed by atoms with Gasteiger partial charge in [0.05, 0.1) is 6.61 Å². The van der Waals surface area contributed by atoms with E-state index in [2.05, 4.69) is 17.3 Å². The Bertz CT molecular complexity index is 135. The molecule has 3 heteroatoms. The molecule has 0 radical (unpaired) electrons. The van der Waals surface area contributed by atoms with Gasteiger partial charge in [0, 0.05) is 13.2 Å². The van der Waals surface area contributed by atoms with Gasteiger partial charge in [0.15, 0.2) is 0 Å². The van der Waals surface area contributed by atoms with Crippen LogP contribution >= 0.6 is 0 Å². The molecule has 1 N–H and O–H groups in total. The molecule has 1 fully saturated rings. The predicted molar refractivity (Wildman–Crippen MR) is 59.6 cm³/mol. The minimum Gasteiger partial charge on any atom is -0.381 e. The van der Waals surface area contributed by atoms with Gasteiger partial charge in [-0.05, 0) is 52.4 Å². The van der Waals surface area contributed by atoms with E-state index < -0.39 is 0 Å². The molecule has 0 aromatic carbocycles. The first-order chi connectivity index (χ1) is 6.83. The molecule has 1 heterocycles. The van der Waals surface area contributed by atoms with E-state index in [4.69, 9.17) is 4.74 Å². The largest absolute Gasteiger partial charge is 0.381 e. The van der Waals surface area contributed by atoms with E-state index in [9.17, 15) is 0 Å². The van der Waals surface area contributed by atoms with Crippen molar-refractivity contribution in [2.75, 3.05) is 46.9 Å². The zero-order valence-electron chi connectivity index (χ0n) is 9.59. The van der Waals surface area contributed by atoms with Gasteiger partial charge in [0.1, 0.15) is 0 Å². The van der Waals surface area contributed by atoms with Gasteiger partial charge >= 0.3 is 0 Å². The van der Waals surface area contributed by atoms with Crippen molar-refractivity contribution in [3.63, 3.8) is 0 Å². The lowest BCUT2D eigenvalue weighted by molar-refractivity contribution is 0.0420. The van der Waals surface area contributed by atoms with Crippen LogP contribution in [0.2, 0.25) is 0 Å². The minimum absolute atomic E-state index is 0.767. The van der Waals surface area contributed by atoms with Crippen molar-refractivity contribution in [1.82, 2.24) is 10.2 Å². The van der Waals surface area contributed by atoms with Gasteiger partial charge in [-0.2, -0.15) is 0 Å². The summed E-state index contributed by atoms with van der Waals surface area (Å²) in [5.41, 5.74) is 0. The molecule has 84 valence electrons. The molecule has 0 aromatic heterocycles. The highest BCUT2D eigenvalue weighted by Gasteiger charge is 2.15. The second kappa shape index (κ2) is 7.21. The highest BCUT2D eigenvalue weighted by atomic mass is 16.5. The second-order valence-corrected chi connectivity index (χ2v) is 4.30. The summed E-state index contributed by atoms with van der Waals surface area (Å²) in [5.74, 6) is 0.767. The van der Waals surface area contributed by atoms with Crippen LogP contribution < -0.4 is 5.32 Å². The Morgan fingerprint density at radius 1 is 1.50 bits per heavy atom. The van der Waals surface area contributed by atoms with E-state index in [1.807, 2.05) is 7.05 Å². The fourth-order valence-electron chi connectivity index (χ4n) is 2.01. The number of nitrogens with one attached hydrogen (secondary N) is 1.